The topological polar surface area (TPSA) is 91.0 Å². The third-order valence-electron chi connectivity index (χ3n) is 5.93. The molecule has 2 aromatic carbocycles. The molecule has 0 radical (unpaired) electrons. The Morgan fingerprint density at radius 2 is 1.97 bits per heavy atom. The number of anilines is 2. The number of nitrogens with two attached hydrogens (primary N) is 1. The number of hydrogen-bond donors (Lipinski definition) is 4. The summed E-state index contributed by atoms with van der Waals surface area (Å²) in [6.45, 7) is 2.74. The second kappa shape index (κ2) is 8.11. The fourth-order valence-electron chi connectivity index (χ4n) is 4.46. The van der Waals surface area contributed by atoms with Crippen molar-refractivity contribution < 1.29 is 4.79 Å². The number of hydrogen-bond acceptors (Lipinski definition) is 4. The zero-order valence-corrected chi connectivity index (χ0v) is 16.8. The summed E-state index contributed by atoms with van der Waals surface area (Å²) in [6, 6.07) is 11.9. The van der Waals surface area contributed by atoms with Crippen LogP contribution >= 0.6 is 0 Å². The Labute approximate surface area is 171 Å². The number of benzene rings is 2. The van der Waals surface area contributed by atoms with Gasteiger partial charge in [0, 0.05) is 40.8 Å². The van der Waals surface area contributed by atoms with Gasteiger partial charge in [-0.3, -0.25) is 4.79 Å². The molecule has 1 unspecified atom stereocenters. The van der Waals surface area contributed by atoms with E-state index in [1.807, 2.05) is 31.2 Å². The number of allylic oxidation sites excluding steroid dienone is 1. The molecule has 5 nitrogen and oxygen atoms in total. The van der Waals surface area contributed by atoms with E-state index < -0.39 is 0 Å². The van der Waals surface area contributed by atoms with E-state index in [9.17, 15) is 4.79 Å². The monoisotopic (exact) mass is 388 g/mol. The number of rotatable bonds is 5. The normalized spacial score (nSPS) is 17.8. The maximum atomic E-state index is 12.2. The Kier molecular flexibility index (Phi) is 5.38. The van der Waals surface area contributed by atoms with Crippen molar-refractivity contribution in [3.8, 4) is 0 Å². The van der Waals surface area contributed by atoms with Gasteiger partial charge in [-0.1, -0.05) is 19.1 Å². The summed E-state index contributed by atoms with van der Waals surface area (Å²) in [4.78, 5) is 12.2. The average molecular weight is 389 g/mol. The van der Waals surface area contributed by atoms with Crippen LogP contribution in [0.1, 0.15) is 72.1 Å². The third-order valence-corrected chi connectivity index (χ3v) is 5.93. The van der Waals surface area contributed by atoms with E-state index in [0.29, 0.717) is 17.8 Å². The molecule has 5 heteroatoms. The molecule has 0 spiro atoms. The molecule has 1 atom stereocenters. The van der Waals surface area contributed by atoms with Crippen LogP contribution in [0.25, 0.3) is 5.57 Å². The highest BCUT2D eigenvalue weighted by molar-refractivity contribution is 5.99. The molecule has 5 N–H and O–H groups in total. The Hall–Kier alpha value is -3.08. The molecule has 0 aromatic heterocycles. The van der Waals surface area contributed by atoms with Crippen molar-refractivity contribution >= 4 is 29.1 Å². The smallest absolute Gasteiger partial charge is 0.251 e. The van der Waals surface area contributed by atoms with Crippen LogP contribution in [-0.2, 0) is 0 Å². The number of nitrogen functional groups attached to an aromatic ring is 1. The Morgan fingerprint density at radius 3 is 2.69 bits per heavy atom. The summed E-state index contributed by atoms with van der Waals surface area (Å²) in [6.07, 6.45) is 6.69. The van der Waals surface area contributed by atoms with Crippen LogP contribution in [0.4, 0.5) is 11.4 Å². The van der Waals surface area contributed by atoms with Gasteiger partial charge in [-0.15, -0.1) is 0 Å². The first-order chi connectivity index (χ1) is 14.1. The van der Waals surface area contributed by atoms with Gasteiger partial charge < -0.3 is 21.8 Å². The number of amides is 1. The van der Waals surface area contributed by atoms with E-state index in [1.165, 1.54) is 23.8 Å². The first-order valence-corrected chi connectivity index (χ1v) is 10.4. The summed E-state index contributed by atoms with van der Waals surface area (Å²) in [5.41, 5.74) is 14.3. The van der Waals surface area contributed by atoms with Crippen molar-refractivity contribution in [2.24, 2.45) is 0 Å². The van der Waals surface area contributed by atoms with Crippen molar-refractivity contribution in [2.75, 3.05) is 17.6 Å². The lowest BCUT2D eigenvalue weighted by atomic mass is 9.77. The van der Waals surface area contributed by atoms with Crippen molar-refractivity contribution in [1.29, 1.82) is 5.41 Å². The number of nitrogens with one attached hydrogen (secondary N) is 3. The molecular formula is C24H28N4O. The largest absolute Gasteiger partial charge is 0.398 e. The summed E-state index contributed by atoms with van der Waals surface area (Å²) in [5.74, 6) is -0.0241. The fourth-order valence-corrected chi connectivity index (χ4v) is 4.46. The van der Waals surface area contributed by atoms with Gasteiger partial charge in [0.25, 0.3) is 5.91 Å². The second-order valence-corrected chi connectivity index (χ2v) is 7.80. The molecule has 0 saturated carbocycles. The number of fused-ring (bicyclic) bond motifs is 2. The highest BCUT2D eigenvalue weighted by atomic mass is 16.1. The molecular weight excluding hydrogens is 360 g/mol. The average Bonchev–Trinajstić information content (AvgIpc) is 2.77. The van der Waals surface area contributed by atoms with Gasteiger partial charge in [0.2, 0.25) is 0 Å². The van der Waals surface area contributed by atoms with Crippen LogP contribution in [0.2, 0.25) is 0 Å². The Balaban J connectivity index is 1.71. The van der Waals surface area contributed by atoms with E-state index in [0.717, 1.165) is 48.1 Å². The molecule has 2 aliphatic rings. The highest BCUT2D eigenvalue weighted by Gasteiger charge is 2.31. The van der Waals surface area contributed by atoms with Gasteiger partial charge in [-0.05, 0) is 73.1 Å². The third kappa shape index (κ3) is 3.53. The van der Waals surface area contributed by atoms with E-state index in [1.54, 1.807) is 0 Å². The molecule has 1 heterocycles. The molecule has 0 fully saturated rings. The predicted octanol–water partition coefficient (Wildman–Crippen LogP) is 4.90. The molecule has 0 saturated heterocycles. The van der Waals surface area contributed by atoms with Crippen LogP contribution in [0, 0.1) is 5.41 Å². The summed E-state index contributed by atoms with van der Waals surface area (Å²) in [7, 11) is 0. The molecule has 1 amide bonds. The van der Waals surface area contributed by atoms with Crippen LogP contribution in [0.15, 0.2) is 42.0 Å². The van der Waals surface area contributed by atoms with Crippen LogP contribution in [0.5, 0.6) is 0 Å². The van der Waals surface area contributed by atoms with Crippen LogP contribution < -0.4 is 16.4 Å². The second-order valence-electron chi connectivity index (χ2n) is 7.80. The molecule has 1 aliphatic heterocycles. The first-order valence-electron chi connectivity index (χ1n) is 10.4. The van der Waals surface area contributed by atoms with Gasteiger partial charge in [0.1, 0.15) is 0 Å². The van der Waals surface area contributed by atoms with Gasteiger partial charge in [0.05, 0.1) is 6.04 Å². The van der Waals surface area contributed by atoms with Crippen LogP contribution in [0.3, 0.4) is 0 Å². The Morgan fingerprint density at radius 1 is 1.21 bits per heavy atom. The maximum Gasteiger partial charge on any atom is 0.251 e. The molecule has 4 rings (SSSR count). The molecule has 29 heavy (non-hydrogen) atoms. The highest BCUT2D eigenvalue weighted by Crippen LogP contribution is 2.48. The van der Waals surface area contributed by atoms with Crippen molar-refractivity contribution in [3.63, 3.8) is 0 Å². The van der Waals surface area contributed by atoms with Gasteiger partial charge in [-0.25, -0.2) is 0 Å². The van der Waals surface area contributed by atoms with Crippen LogP contribution in [-0.4, -0.2) is 18.7 Å². The predicted molar refractivity (Wildman–Crippen MR) is 120 cm³/mol. The fraction of sp³-hybridized carbons (Fsp3) is 0.333. The quantitative estimate of drug-likeness (QED) is 0.434. The van der Waals surface area contributed by atoms with E-state index in [4.69, 9.17) is 11.1 Å². The lowest BCUT2D eigenvalue weighted by molar-refractivity contribution is 0.0953. The summed E-state index contributed by atoms with van der Waals surface area (Å²) >= 11 is 0. The molecule has 150 valence electrons. The van der Waals surface area contributed by atoms with Gasteiger partial charge in [-0.2, -0.15) is 0 Å². The number of carbonyl (C=O) groups excluding carboxylic acids is 1. The van der Waals surface area contributed by atoms with E-state index in [-0.39, 0.29) is 11.9 Å². The standard InChI is InChI=1S/C24H28N4O/c1-2-13-27-24(29)16-9-7-15(8-10-16)23-18-6-4-3-5-17(18)22-19(14-25)20(26)11-12-21(22)28-23/h7-12,14,23,25,28H,2-6,13,26H2,1H3,(H,27,29). The molecule has 0 bridgehead atoms. The Bertz CT molecular complexity index is 975. The van der Waals surface area contributed by atoms with Gasteiger partial charge in [0.15, 0.2) is 0 Å². The van der Waals surface area contributed by atoms with Gasteiger partial charge >= 0.3 is 0 Å². The zero-order valence-electron chi connectivity index (χ0n) is 16.8. The zero-order chi connectivity index (χ0) is 20.4. The summed E-state index contributed by atoms with van der Waals surface area (Å²) < 4.78 is 0. The van der Waals surface area contributed by atoms with E-state index >= 15 is 0 Å². The lowest BCUT2D eigenvalue weighted by Crippen LogP contribution is -2.25. The van der Waals surface area contributed by atoms with Crippen molar-refractivity contribution in [1.82, 2.24) is 5.32 Å². The minimum Gasteiger partial charge on any atom is -0.398 e. The molecule has 1 aliphatic carbocycles. The van der Waals surface area contributed by atoms with Crippen molar-refractivity contribution in [3.05, 3.63) is 64.2 Å². The minimum absolute atomic E-state index is 0.0241. The maximum absolute atomic E-state index is 12.2. The van der Waals surface area contributed by atoms with E-state index in [2.05, 4.69) is 22.8 Å². The first kappa shape index (κ1) is 19.2. The minimum atomic E-state index is -0.0241. The lowest BCUT2D eigenvalue weighted by Gasteiger charge is -2.36. The van der Waals surface area contributed by atoms with Crippen molar-refractivity contribution in [2.45, 2.75) is 45.1 Å². The SMILES string of the molecule is CCCNC(=O)c1ccc(C2Nc3ccc(N)c(C=N)c3C3=C2CCCC3)cc1. The number of carbonyl (C=O) groups is 1. The molecule has 2 aromatic rings. The summed E-state index contributed by atoms with van der Waals surface area (Å²) in [5, 5.41) is 14.5.